The average Bonchev–Trinajstić information content (AvgIpc) is 2.90. The van der Waals surface area contributed by atoms with Crippen LogP contribution in [0, 0.1) is 39.4 Å². The minimum Gasteiger partial charge on any atom is -0.393 e. The van der Waals surface area contributed by atoms with Crippen LogP contribution >= 0.6 is 0 Å². The van der Waals surface area contributed by atoms with Crippen LogP contribution in [-0.4, -0.2) is 39.4 Å². The Bertz CT molecular complexity index is 961. The zero-order valence-electron chi connectivity index (χ0n) is 22.6. The minimum absolute atomic E-state index is 0.0993. The molecule has 5 aliphatic rings. The van der Waals surface area contributed by atoms with Crippen molar-refractivity contribution in [1.82, 2.24) is 0 Å². The summed E-state index contributed by atoms with van der Waals surface area (Å²) >= 11 is 0. The van der Waals surface area contributed by atoms with Gasteiger partial charge in [-0.1, -0.05) is 58.4 Å². The molecular weight excluding hydrogens is 424 g/mol. The van der Waals surface area contributed by atoms with Crippen LogP contribution in [0.4, 0.5) is 0 Å². The van der Waals surface area contributed by atoms with Gasteiger partial charge in [-0.3, -0.25) is 4.79 Å². The molecule has 1 aliphatic heterocycles. The number of Topliss-reactive ketones (excluding diaryl/α,β-unsaturated/α-hetero) is 1. The largest absolute Gasteiger partial charge is 0.393 e. The van der Waals surface area contributed by atoms with Crippen LogP contribution in [0.5, 0.6) is 0 Å². The van der Waals surface area contributed by atoms with Gasteiger partial charge in [0.25, 0.3) is 0 Å². The van der Waals surface area contributed by atoms with E-state index in [4.69, 9.17) is 4.74 Å². The van der Waals surface area contributed by atoms with Gasteiger partial charge in [0.05, 0.1) is 23.4 Å². The molecule has 0 saturated heterocycles. The van der Waals surface area contributed by atoms with E-state index in [1.165, 1.54) is 5.57 Å². The molecule has 0 spiro atoms. The fraction of sp³-hybridized carbons (Fsp3) is 0.833. The Morgan fingerprint density at radius 3 is 2.29 bits per heavy atom. The van der Waals surface area contributed by atoms with Crippen molar-refractivity contribution in [3.63, 3.8) is 0 Å². The molecule has 190 valence electrons. The van der Waals surface area contributed by atoms with E-state index in [9.17, 15) is 15.0 Å². The van der Waals surface area contributed by atoms with Crippen LogP contribution in [0.2, 0.25) is 0 Å². The zero-order valence-corrected chi connectivity index (χ0v) is 22.6. The summed E-state index contributed by atoms with van der Waals surface area (Å²) in [4.78, 5) is 14.3. The average molecular weight is 471 g/mol. The van der Waals surface area contributed by atoms with E-state index in [1.807, 2.05) is 0 Å². The maximum Gasteiger partial charge on any atom is 0.140 e. The van der Waals surface area contributed by atoms with Gasteiger partial charge in [0.1, 0.15) is 5.78 Å². The molecule has 4 heteroatoms. The second-order valence-electron chi connectivity index (χ2n) is 14.4. The number of ether oxygens (including phenoxy) is 1. The Morgan fingerprint density at radius 2 is 1.65 bits per heavy atom. The van der Waals surface area contributed by atoms with Crippen LogP contribution in [0.15, 0.2) is 23.8 Å². The van der Waals surface area contributed by atoms with Crippen molar-refractivity contribution < 1.29 is 19.7 Å². The number of ketones is 1. The van der Waals surface area contributed by atoms with Gasteiger partial charge in [-0.25, -0.2) is 0 Å². The zero-order chi connectivity index (χ0) is 25.1. The molecule has 0 aromatic rings. The molecule has 34 heavy (non-hydrogen) atoms. The van der Waals surface area contributed by atoms with E-state index in [0.29, 0.717) is 18.6 Å². The number of fused-ring (bicyclic) bond motifs is 5. The highest BCUT2D eigenvalue weighted by atomic mass is 16.5. The van der Waals surface area contributed by atoms with E-state index >= 15 is 0 Å². The first-order chi connectivity index (χ1) is 15.5. The lowest BCUT2D eigenvalue weighted by molar-refractivity contribution is -0.207. The number of aliphatic hydroxyl groups is 2. The summed E-state index contributed by atoms with van der Waals surface area (Å²) in [6, 6.07) is 0. The Morgan fingerprint density at radius 1 is 0.971 bits per heavy atom. The summed E-state index contributed by atoms with van der Waals surface area (Å²) in [5.74, 6) is 0.617. The highest BCUT2D eigenvalue weighted by Crippen LogP contribution is 2.74. The first kappa shape index (κ1) is 24.7. The molecule has 0 amide bonds. The summed E-state index contributed by atoms with van der Waals surface area (Å²) in [6.45, 7) is 17.5. The third-order valence-corrected chi connectivity index (χ3v) is 11.8. The fourth-order valence-electron chi connectivity index (χ4n) is 10.0. The van der Waals surface area contributed by atoms with Crippen LogP contribution in [0.25, 0.3) is 0 Å². The van der Waals surface area contributed by atoms with E-state index in [-0.39, 0.29) is 45.7 Å². The summed E-state index contributed by atoms with van der Waals surface area (Å²) in [6.07, 6.45) is 10.3. The van der Waals surface area contributed by atoms with E-state index in [0.717, 1.165) is 25.7 Å². The van der Waals surface area contributed by atoms with Crippen molar-refractivity contribution in [1.29, 1.82) is 0 Å². The number of carbonyl (C=O) groups excluding carboxylic acids is 1. The standard InChI is InChI=1S/C30H46O4/c1-25(2)14-9-15-29(7,34-25)24-20(31)16-27(5)21-12-10-18-19(11-13-22(32)26(18,3)4)30(21,8)23(33)17-28(24,27)6/h9-10,14,19-22,24,31-32H,11-13,15-17H2,1-8H3/t19-,20-,21+,22+,24+,27+,28-,29+,30+/m1/s1. The number of carbonyl (C=O) groups is 1. The van der Waals surface area contributed by atoms with Crippen LogP contribution in [0.1, 0.15) is 93.9 Å². The number of hydrogen-bond acceptors (Lipinski definition) is 4. The summed E-state index contributed by atoms with van der Waals surface area (Å²) in [5.41, 5.74) is -0.847. The van der Waals surface area contributed by atoms with Gasteiger partial charge < -0.3 is 14.9 Å². The molecule has 2 N–H and O–H groups in total. The maximum atomic E-state index is 14.3. The first-order valence-corrected chi connectivity index (χ1v) is 13.5. The van der Waals surface area contributed by atoms with Crippen LogP contribution in [-0.2, 0) is 9.53 Å². The van der Waals surface area contributed by atoms with E-state index in [2.05, 4.69) is 73.6 Å². The van der Waals surface area contributed by atoms with Crippen molar-refractivity contribution in [3.8, 4) is 0 Å². The van der Waals surface area contributed by atoms with Crippen LogP contribution in [0.3, 0.4) is 0 Å². The highest BCUT2D eigenvalue weighted by Gasteiger charge is 2.74. The van der Waals surface area contributed by atoms with Crippen molar-refractivity contribution in [2.24, 2.45) is 39.4 Å². The predicted octanol–water partition coefficient (Wildman–Crippen LogP) is 5.62. The number of hydrogen-bond donors (Lipinski definition) is 2. The van der Waals surface area contributed by atoms with Gasteiger partial charge in [-0.15, -0.1) is 0 Å². The summed E-state index contributed by atoms with van der Waals surface area (Å²) in [5, 5.41) is 22.5. The molecule has 0 unspecified atom stereocenters. The molecule has 0 aromatic carbocycles. The van der Waals surface area contributed by atoms with Gasteiger partial charge in [0.2, 0.25) is 0 Å². The second kappa shape index (κ2) is 7.07. The quantitative estimate of drug-likeness (QED) is 0.489. The van der Waals surface area contributed by atoms with Crippen molar-refractivity contribution in [2.75, 3.05) is 0 Å². The Hall–Kier alpha value is -0.970. The van der Waals surface area contributed by atoms with E-state index < -0.39 is 17.1 Å². The van der Waals surface area contributed by atoms with E-state index in [1.54, 1.807) is 0 Å². The smallest absolute Gasteiger partial charge is 0.140 e. The van der Waals surface area contributed by atoms with Gasteiger partial charge in [-0.05, 0) is 75.5 Å². The topological polar surface area (TPSA) is 66.8 Å². The lowest BCUT2D eigenvalue weighted by Crippen LogP contribution is -2.64. The molecule has 0 bridgehead atoms. The normalized spacial score (nSPS) is 53.5. The Kier molecular flexibility index (Phi) is 5.14. The SMILES string of the molecule is CC1(C)C=CC[C@@](C)([C@H]2[C@H](O)C[C@@]3(C)[C@@H]4CC=C5[C@@H](CC[C@H](O)C5(C)C)[C@]4(C)C(=O)C[C@]23C)O1. The molecule has 9 atom stereocenters. The first-order valence-electron chi connectivity index (χ1n) is 13.5. The Labute approximate surface area is 206 Å². The van der Waals surface area contributed by atoms with Gasteiger partial charge >= 0.3 is 0 Å². The summed E-state index contributed by atoms with van der Waals surface area (Å²) in [7, 11) is 0. The van der Waals surface area contributed by atoms with Crippen LogP contribution < -0.4 is 0 Å². The number of rotatable bonds is 1. The molecule has 3 fully saturated rings. The lowest BCUT2D eigenvalue weighted by Gasteiger charge is -2.65. The monoisotopic (exact) mass is 470 g/mol. The molecule has 3 saturated carbocycles. The molecule has 0 aromatic heterocycles. The molecule has 4 aliphatic carbocycles. The minimum atomic E-state index is -0.509. The lowest BCUT2D eigenvalue weighted by atomic mass is 9.38. The van der Waals surface area contributed by atoms with Crippen molar-refractivity contribution >= 4 is 5.78 Å². The fourth-order valence-corrected chi connectivity index (χ4v) is 10.0. The van der Waals surface area contributed by atoms with Crippen molar-refractivity contribution in [2.45, 2.75) is 117 Å². The van der Waals surface area contributed by atoms with Gasteiger partial charge in [-0.2, -0.15) is 0 Å². The predicted molar refractivity (Wildman–Crippen MR) is 134 cm³/mol. The van der Waals surface area contributed by atoms with Gasteiger partial charge in [0, 0.05) is 23.2 Å². The third-order valence-electron chi connectivity index (χ3n) is 11.8. The van der Waals surface area contributed by atoms with Gasteiger partial charge in [0.15, 0.2) is 0 Å². The number of aliphatic hydroxyl groups excluding tert-OH is 2. The van der Waals surface area contributed by atoms with Crippen molar-refractivity contribution in [3.05, 3.63) is 23.8 Å². The Balaban J connectivity index is 1.60. The third kappa shape index (κ3) is 2.91. The molecule has 1 heterocycles. The summed E-state index contributed by atoms with van der Waals surface area (Å²) < 4.78 is 6.70. The molecule has 0 radical (unpaired) electrons. The maximum absolute atomic E-state index is 14.3. The number of allylic oxidation sites excluding steroid dienone is 1. The molecular formula is C30H46O4. The highest BCUT2D eigenvalue weighted by molar-refractivity contribution is 5.88. The molecule has 5 rings (SSSR count). The molecule has 4 nitrogen and oxygen atoms in total. The second-order valence-corrected chi connectivity index (χ2v) is 14.4.